The summed E-state index contributed by atoms with van der Waals surface area (Å²) < 4.78 is 5.75. The van der Waals surface area contributed by atoms with Gasteiger partial charge in [-0.25, -0.2) is 4.98 Å². The topological polar surface area (TPSA) is 48.1 Å². The normalized spacial score (nSPS) is 10.2. The number of nitrogen functional groups attached to an aromatic ring is 1. The van der Waals surface area contributed by atoms with Gasteiger partial charge >= 0.3 is 0 Å². The zero-order valence-electron chi connectivity index (χ0n) is 10.9. The van der Waals surface area contributed by atoms with Crippen molar-refractivity contribution < 1.29 is 4.74 Å². The number of nitrogens with zero attached hydrogens (tertiary/aromatic N) is 1. The Labute approximate surface area is 117 Å². The Hall–Kier alpha value is -2.81. The molecule has 1 aromatic heterocycles. The van der Waals surface area contributed by atoms with Gasteiger partial charge in [0.1, 0.15) is 17.3 Å². The fourth-order valence-corrected chi connectivity index (χ4v) is 1.99. The van der Waals surface area contributed by atoms with Crippen molar-refractivity contribution >= 4 is 5.82 Å². The summed E-state index contributed by atoms with van der Waals surface area (Å²) in [7, 11) is 0. The van der Waals surface area contributed by atoms with Gasteiger partial charge in [0.05, 0.1) is 0 Å². The number of hydrogen-bond donors (Lipinski definition) is 1. The highest BCUT2D eigenvalue weighted by Crippen LogP contribution is 2.27. The minimum absolute atomic E-state index is 0.532. The largest absolute Gasteiger partial charge is 0.457 e. The van der Waals surface area contributed by atoms with Crippen molar-refractivity contribution in [1.82, 2.24) is 4.98 Å². The first kappa shape index (κ1) is 12.2. The lowest BCUT2D eigenvalue weighted by atomic mass is 10.1. The molecule has 0 amide bonds. The number of pyridine rings is 1. The second kappa shape index (κ2) is 5.45. The summed E-state index contributed by atoms with van der Waals surface area (Å²) in [4.78, 5) is 4.09. The van der Waals surface area contributed by atoms with Gasteiger partial charge in [0.25, 0.3) is 0 Å². The van der Waals surface area contributed by atoms with E-state index in [0.29, 0.717) is 5.82 Å². The van der Waals surface area contributed by atoms with E-state index in [4.69, 9.17) is 10.5 Å². The van der Waals surface area contributed by atoms with Crippen molar-refractivity contribution in [3.05, 3.63) is 72.9 Å². The highest BCUT2D eigenvalue weighted by Gasteiger charge is 2.03. The maximum absolute atomic E-state index is 5.87. The van der Waals surface area contributed by atoms with Crippen LogP contribution in [0.4, 0.5) is 5.82 Å². The number of nitrogens with two attached hydrogens (primary N) is 1. The molecule has 0 unspecified atom stereocenters. The lowest BCUT2D eigenvalue weighted by molar-refractivity contribution is 0.483. The molecular formula is C17H14N2O. The molecule has 0 atom stereocenters. The molecule has 3 nitrogen and oxygen atoms in total. The smallest absolute Gasteiger partial charge is 0.131 e. The van der Waals surface area contributed by atoms with Gasteiger partial charge in [0, 0.05) is 11.8 Å². The predicted molar refractivity (Wildman–Crippen MR) is 80.6 cm³/mol. The van der Waals surface area contributed by atoms with Crippen LogP contribution in [0.3, 0.4) is 0 Å². The van der Waals surface area contributed by atoms with E-state index in [0.717, 1.165) is 22.6 Å². The number of hydrogen-bond acceptors (Lipinski definition) is 3. The van der Waals surface area contributed by atoms with Crippen LogP contribution in [0.2, 0.25) is 0 Å². The summed E-state index contributed by atoms with van der Waals surface area (Å²) in [6, 6.07) is 21.3. The van der Waals surface area contributed by atoms with Crippen LogP contribution in [0.5, 0.6) is 11.5 Å². The molecule has 0 aliphatic carbocycles. The molecule has 2 N–H and O–H groups in total. The Morgan fingerprint density at radius 3 is 2.15 bits per heavy atom. The fourth-order valence-electron chi connectivity index (χ4n) is 1.99. The van der Waals surface area contributed by atoms with Crippen molar-refractivity contribution in [1.29, 1.82) is 0 Å². The van der Waals surface area contributed by atoms with Crippen molar-refractivity contribution in [2.45, 2.75) is 0 Å². The number of benzene rings is 2. The summed E-state index contributed by atoms with van der Waals surface area (Å²) in [5, 5.41) is 0. The van der Waals surface area contributed by atoms with Gasteiger partial charge in [-0.15, -0.1) is 0 Å². The lowest BCUT2D eigenvalue weighted by Crippen LogP contribution is -1.92. The summed E-state index contributed by atoms with van der Waals surface area (Å²) in [6.45, 7) is 0. The first-order valence-corrected chi connectivity index (χ1v) is 6.37. The Balaban J connectivity index is 1.83. The molecule has 0 radical (unpaired) electrons. The minimum atomic E-state index is 0.532. The van der Waals surface area contributed by atoms with E-state index in [1.54, 1.807) is 6.20 Å². The molecule has 0 bridgehead atoms. The highest BCUT2D eigenvalue weighted by atomic mass is 16.5. The van der Waals surface area contributed by atoms with E-state index in [9.17, 15) is 0 Å². The van der Waals surface area contributed by atoms with Crippen LogP contribution in [0, 0.1) is 0 Å². The van der Waals surface area contributed by atoms with E-state index in [2.05, 4.69) is 4.98 Å². The third kappa shape index (κ3) is 2.62. The second-order valence-corrected chi connectivity index (χ2v) is 4.38. The maximum Gasteiger partial charge on any atom is 0.131 e. The molecule has 0 aliphatic heterocycles. The SMILES string of the molecule is Nc1ncccc1-c1ccc(Oc2ccccc2)cc1. The number of rotatable bonds is 3. The molecule has 3 rings (SSSR count). The van der Waals surface area contributed by atoms with Gasteiger partial charge in [0.2, 0.25) is 0 Å². The van der Waals surface area contributed by atoms with E-state index >= 15 is 0 Å². The van der Waals surface area contributed by atoms with Crippen LogP contribution in [-0.4, -0.2) is 4.98 Å². The number of ether oxygens (including phenoxy) is 1. The molecule has 20 heavy (non-hydrogen) atoms. The number of aromatic nitrogens is 1. The minimum Gasteiger partial charge on any atom is -0.457 e. The first-order valence-electron chi connectivity index (χ1n) is 6.37. The summed E-state index contributed by atoms with van der Waals surface area (Å²) >= 11 is 0. The van der Waals surface area contributed by atoms with E-state index in [1.807, 2.05) is 66.7 Å². The van der Waals surface area contributed by atoms with Crippen LogP contribution < -0.4 is 10.5 Å². The van der Waals surface area contributed by atoms with Crippen molar-refractivity contribution in [2.24, 2.45) is 0 Å². The van der Waals surface area contributed by atoms with E-state index in [-0.39, 0.29) is 0 Å². The zero-order valence-corrected chi connectivity index (χ0v) is 10.9. The van der Waals surface area contributed by atoms with Crippen molar-refractivity contribution in [2.75, 3.05) is 5.73 Å². The number of anilines is 1. The monoisotopic (exact) mass is 262 g/mol. The molecule has 2 aromatic carbocycles. The zero-order chi connectivity index (χ0) is 13.8. The van der Waals surface area contributed by atoms with Crippen molar-refractivity contribution in [3.63, 3.8) is 0 Å². The number of para-hydroxylation sites is 1. The molecular weight excluding hydrogens is 248 g/mol. The van der Waals surface area contributed by atoms with Crippen LogP contribution >= 0.6 is 0 Å². The van der Waals surface area contributed by atoms with Crippen LogP contribution in [0.15, 0.2) is 72.9 Å². The maximum atomic E-state index is 5.87. The van der Waals surface area contributed by atoms with Gasteiger partial charge in [-0.2, -0.15) is 0 Å². The van der Waals surface area contributed by atoms with Gasteiger partial charge < -0.3 is 10.5 Å². The van der Waals surface area contributed by atoms with Crippen LogP contribution in [0.1, 0.15) is 0 Å². The van der Waals surface area contributed by atoms with E-state index in [1.165, 1.54) is 0 Å². The molecule has 3 heteroatoms. The van der Waals surface area contributed by atoms with Crippen LogP contribution in [-0.2, 0) is 0 Å². The molecule has 3 aromatic rings. The Kier molecular flexibility index (Phi) is 3.33. The standard InChI is InChI=1S/C17H14N2O/c18-17-16(7-4-12-19-17)13-8-10-15(11-9-13)20-14-5-2-1-3-6-14/h1-12H,(H2,18,19). The van der Waals surface area contributed by atoms with Gasteiger partial charge in [-0.05, 0) is 42.0 Å². The molecule has 0 saturated heterocycles. The van der Waals surface area contributed by atoms with Gasteiger partial charge in [0.15, 0.2) is 0 Å². The van der Waals surface area contributed by atoms with Crippen LogP contribution in [0.25, 0.3) is 11.1 Å². The Morgan fingerprint density at radius 1 is 0.750 bits per heavy atom. The van der Waals surface area contributed by atoms with Gasteiger partial charge in [-0.1, -0.05) is 30.3 Å². The Bertz CT molecular complexity index is 694. The molecule has 0 fully saturated rings. The van der Waals surface area contributed by atoms with Crippen molar-refractivity contribution in [3.8, 4) is 22.6 Å². The molecule has 0 spiro atoms. The third-order valence-electron chi connectivity index (χ3n) is 2.98. The summed E-state index contributed by atoms with van der Waals surface area (Å²) in [5.41, 5.74) is 7.83. The predicted octanol–water partition coefficient (Wildman–Crippen LogP) is 4.12. The molecule has 0 saturated carbocycles. The quantitative estimate of drug-likeness (QED) is 0.772. The highest BCUT2D eigenvalue weighted by molar-refractivity contribution is 5.73. The molecule has 0 aliphatic rings. The van der Waals surface area contributed by atoms with E-state index < -0.39 is 0 Å². The average Bonchev–Trinajstić information content (AvgIpc) is 2.50. The summed E-state index contributed by atoms with van der Waals surface area (Å²) in [5.74, 6) is 2.15. The Morgan fingerprint density at radius 2 is 1.45 bits per heavy atom. The second-order valence-electron chi connectivity index (χ2n) is 4.38. The molecule has 98 valence electrons. The summed E-state index contributed by atoms with van der Waals surface area (Å²) in [6.07, 6.45) is 1.69. The third-order valence-corrected chi connectivity index (χ3v) is 2.98. The first-order chi connectivity index (χ1) is 9.83. The van der Waals surface area contributed by atoms with Gasteiger partial charge in [-0.3, -0.25) is 0 Å². The average molecular weight is 262 g/mol. The lowest BCUT2D eigenvalue weighted by Gasteiger charge is -2.08. The fraction of sp³-hybridized carbons (Fsp3) is 0. The molecule has 1 heterocycles.